The summed E-state index contributed by atoms with van der Waals surface area (Å²) >= 11 is 0. The number of benzene rings is 1. The van der Waals surface area contributed by atoms with Crippen molar-refractivity contribution in [1.29, 1.82) is 0 Å². The highest BCUT2D eigenvalue weighted by molar-refractivity contribution is 6.05. The molecule has 4 aliphatic carbocycles. The number of unbranched alkanes of at least 4 members (excludes halogenated alkanes) is 1. The Labute approximate surface area is 246 Å². The van der Waals surface area contributed by atoms with Crippen LogP contribution in [0, 0.1) is 23.2 Å². The topological polar surface area (TPSA) is 130 Å². The number of ketones is 1. The summed E-state index contributed by atoms with van der Waals surface area (Å²) in [6, 6.07) is 8.88. The number of alkyl carbamates (subject to hydrolysis) is 1. The van der Waals surface area contributed by atoms with E-state index in [0.29, 0.717) is 36.7 Å². The van der Waals surface area contributed by atoms with Crippen LogP contribution >= 0.6 is 0 Å². The zero-order valence-electron chi connectivity index (χ0n) is 24.3. The van der Waals surface area contributed by atoms with Crippen LogP contribution in [0.2, 0.25) is 0 Å². The lowest BCUT2D eigenvalue weighted by molar-refractivity contribution is -0.159. The molecule has 224 valence electrons. The fraction of sp³-hybridized carbons (Fsp3) is 0.529. The molecule has 4 atom stereocenters. The van der Waals surface area contributed by atoms with Gasteiger partial charge in [0.25, 0.3) is 0 Å². The summed E-state index contributed by atoms with van der Waals surface area (Å²) in [5.74, 6) is -1.76. The van der Waals surface area contributed by atoms with E-state index in [4.69, 9.17) is 4.74 Å². The summed E-state index contributed by atoms with van der Waals surface area (Å²) in [7, 11) is 0. The minimum Gasteiger partial charge on any atom is -0.479 e. The molecular weight excluding hydrogens is 534 g/mol. The molecular formula is C34H41NO7. The maximum absolute atomic E-state index is 12.5. The van der Waals surface area contributed by atoms with E-state index in [9.17, 15) is 29.4 Å². The molecule has 0 radical (unpaired) electrons. The van der Waals surface area contributed by atoms with Gasteiger partial charge in [0.1, 0.15) is 6.61 Å². The molecule has 42 heavy (non-hydrogen) atoms. The summed E-state index contributed by atoms with van der Waals surface area (Å²) in [5, 5.41) is 22.0. The van der Waals surface area contributed by atoms with Crippen LogP contribution in [0.1, 0.15) is 83.1 Å². The van der Waals surface area contributed by atoms with Gasteiger partial charge in [-0.05, 0) is 104 Å². The SMILES string of the molecule is C=C1CCC2C3CCC4=CC(=O)CCC4=C3[C@@H](CCCCC(NC(=O)OCc3ccccc3)(C(=O)O)C(=O)O)C[C@]12C. The summed E-state index contributed by atoms with van der Waals surface area (Å²) < 4.78 is 5.14. The average molecular weight is 576 g/mol. The molecule has 3 N–H and O–H groups in total. The molecule has 0 bridgehead atoms. The molecule has 4 aliphatic rings. The van der Waals surface area contributed by atoms with E-state index in [1.54, 1.807) is 24.3 Å². The standard InChI is InChI=1S/C34H41NO7/c1-21-11-16-28-27-14-12-23-18-25(36)13-15-26(23)29(27)24(19-33(21,28)2)10-6-7-17-34(30(37)38,31(39)40)35-32(41)42-20-22-8-4-3-5-9-22/h3-5,8-9,18,24,27-28H,1,6-7,10-17,19-20H2,2H3,(H,35,41)(H,37,38)(H,39,40)/t24-,27?,28?,33+/m0/s1. The van der Waals surface area contributed by atoms with Gasteiger partial charge in [-0.25, -0.2) is 14.4 Å². The molecule has 8 nitrogen and oxygen atoms in total. The van der Waals surface area contributed by atoms with Gasteiger partial charge in [-0.1, -0.05) is 61.4 Å². The van der Waals surface area contributed by atoms with Gasteiger partial charge in [-0.2, -0.15) is 0 Å². The lowest BCUT2D eigenvalue weighted by Gasteiger charge is -2.51. The maximum Gasteiger partial charge on any atom is 0.408 e. The van der Waals surface area contributed by atoms with E-state index in [1.165, 1.54) is 22.3 Å². The van der Waals surface area contributed by atoms with Crippen molar-refractivity contribution in [3.63, 3.8) is 0 Å². The smallest absolute Gasteiger partial charge is 0.408 e. The lowest BCUT2D eigenvalue weighted by Crippen LogP contribution is -2.60. The highest BCUT2D eigenvalue weighted by atomic mass is 16.5. The lowest BCUT2D eigenvalue weighted by atomic mass is 9.53. The second-order valence-electron chi connectivity index (χ2n) is 12.7. The number of carboxylic acids is 2. The fourth-order valence-corrected chi connectivity index (χ4v) is 8.18. The number of hydrogen-bond donors (Lipinski definition) is 3. The Morgan fingerprint density at radius 1 is 1.05 bits per heavy atom. The quantitative estimate of drug-likeness (QED) is 0.168. The molecule has 2 fully saturated rings. The van der Waals surface area contributed by atoms with Gasteiger partial charge < -0.3 is 14.9 Å². The minimum absolute atomic E-state index is 0.0566. The van der Waals surface area contributed by atoms with Crippen LogP contribution in [0.15, 0.2) is 65.3 Å². The highest BCUT2D eigenvalue weighted by Crippen LogP contribution is 2.63. The van der Waals surface area contributed by atoms with Crippen molar-refractivity contribution in [1.82, 2.24) is 5.32 Å². The zero-order valence-corrected chi connectivity index (χ0v) is 24.3. The number of carboxylic acid groups (broad SMARTS) is 2. The number of fused-ring (bicyclic) bond motifs is 4. The Hall–Kier alpha value is -3.68. The Morgan fingerprint density at radius 2 is 1.79 bits per heavy atom. The van der Waals surface area contributed by atoms with Gasteiger partial charge in [0, 0.05) is 6.42 Å². The molecule has 0 aliphatic heterocycles. The molecule has 1 amide bonds. The van der Waals surface area contributed by atoms with Crippen LogP contribution in [0.4, 0.5) is 4.79 Å². The number of amides is 1. The Bertz CT molecular complexity index is 1330. The summed E-state index contributed by atoms with van der Waals surface area (Å²) in [6.07, 6.45) is 8.68. The van der Waals surface area contributed by atoms with Crippen molar-refractivity contribution in [2.45, 2.75) is 89.7 Å². The molecule has 0 heterocycles. The number of carbonyl (C=O) groups excluding carboxylic acids is 2. The van der Waals surface area contributed by atoms with Crippen molar-refractivity contribution in [2.24, 2.45) is 23.2 Å². The normalized spacial score (nSPS) is 27.0. The number of nitrogens with one attached hydrogen (secondary N) is 1. The first-order valence-corrected chi connectivity index (χ1v) is 15.2. The van der Waals surface area contributed by atoms with E-state index < -0.39 is 23.6 Å². The van der Waals surface area contributed by atoms with Crippen LogP contribution in [0.5, 0.6) is 0 Å². The van der Waals surface area contributed by atoms with Gasteiger partial charge in [0.15, 0.2) is 5.78 Å². The zero-order chi connectivity index (χ0) is 30.1. The van der Waals surface area contributed by atoms with E-state index in [-0.39, 0.29) is 30.1 Å². The van der Waals surface area contributed by atoms with Crippen LogP contribution in [0.25, 0.3) is 0 Å². The fourth-order valence-electron chi connectivity index (χ4n) is 8.18. The Morgan fingerprint density at radius 3 is 2.50 bits per heavy atom. The van der Waals surface area contributed by atoms with Crippen LogP contribution in [-0.4, -0.2) is 39.6 Å². The van der Waals surface area contributed by atoms with Gasteiger partial charge in [0.2, 0.25) is 5.54 Å². The largest absolute Gasteiger partial charge is 0.479 e. The summed E-state index contributed by atoms with van der Waals surface area (Å²) in [5.41, 5.74) is 3.64. The van der Waals surface area contributed by atoms with E-state index in [0.717, 1.165) is 44.9 Å². The van der Waals surface area contributed by atoms with Gasteiger partial charge >= 0.3 is 18.0 Å². The molecule has 1 aromatic carbocycles. The van der Waals surface area contributed by atoms with Crippen molar-refractivity contribution in [2.75, 3.05) is 0 Å². The first-order valence-electron chi connectivity index (χ1n) is 15.2. The predicted octanol–water partition coefficient (Wildman–Crippen LogP) is 6.37. The monoisotopic (exact) mass is 575 g/mol. The number of aliphatic carboxylic acids is 2. The third-order valence-electron chi connectivity index (χ3n) is 10.4. The molecule has 5 rings (SSSR count). The molecule has 1 aromatic rings. The van der Waals surface area contributed by atoms with Crippen molar-refractivity contribution in [3.05, 3.63) is 70.8 Å². The predicted molar refractivity (Wildman–Crippen MR) is 156 cm³/mol. The van der Waals surface area contributed by atoms with E-state index in [1.807, 2.05) is 12.1 Å². The van der Waals surface area contributed by atoms with Crippen LogP contribution in [0.3, 0.4) is 0 Å². The summed E-state index contributed by atoms with van der Waals surface area (Å²) in [6.45, 7) is 6.70. The first-order chi connectivity index (χ1) is 20.0. The molecule has 8 heteroatoms. The van der Waals surface area contributed by atoms with Crippen LogP contribution in [-0.2, 0) is 25.7 Å². The summed E-state index contributed by atoms with van der Waals surface area (Å²) in [4.78, 5) is 49.2. The third-order valence-corrected chi connectivity index (χ3v) is 10.4. The molecule has 2 saturated carbocycles. The number of ether oxygens (including phenoxy) is 1. The van der Waals surface area contributed by atoms with Crippen molar-refractivity contribution >= 4 is 23.8 Å². The Balaban J connectivity index is 1.29. The van der Waals surface area contributed by atoms with E-state index in [2.05, 4.69) is 18.8 Å². The van der Waals surface area contributed by atoms with Crippen molar-refractivity contribution in [3.8, 4) is 0 Å². The number of allylic oxidation sites excluding steroid dienone is 5. The van der Waals surface area contributed by atoms with Crippen molar-refractivity contribution < 1.29 is 34.1 Å². The van der Waals surface area contributed by atoms with E-state index >= 15 is 0 Å². The average Bonchev–Trinajstić information content (AvgIpc) is 3.26. The second-order valence-corrected chi connectivity index (χ2v) is 12.7. The molecule has 2 unspecified atom stereocenters. The first kappa shape index (κ1) is 29.8. The maximum atomic E-state index is 12.5. The second kappa shape index (κ2) is 11.9. The number of rotatable bonds is 10. The van der Waals surface area contributed by atoms with Gasteiger partial charge in [-0.15, -0.1) is 0 Å². The Kier molecular flexibility index (Phi) is 8.44. The van der Waals surface area contributed by atoms with Gasteiger partial charge in [-0.3, -0.25) is 10.1 Å². The number of hydrogen-bond acceptors (Lipinski definition) is 5. The minimum atomic E-state index is -2.48. The molecule has 0 spiro atoms. The molecule has 0 saturated heterocycles. The third kappa shape index (κ3) is 5.55. The van der Waals surface area contributed by atoms with Gasteiger partial charge in [0.05, 0.1) is 0 Å². The highest BCUT2D eigenvalue weighted by Gasteiger charge is 2.54. The van der Waals surface area contributed by atoms with Crippen LogP contribution < -0.4 is 5.32 Å². The number of carbonyl (C=O) groups is 4. The molecule has 0 aromatic heterocycles.